The average Bonchev–Trinajstić information content (AvgIpc) is 3.50. The molecule has 7 unspecified atom stereocenters. The number of aliphatic carboxylic acids is 1. The molecular formula is C29H42O6. The summed E-state index contributed by atoms with van der Waals surface area (Å²) >= 11 is 0. The first-order valence-electron chi connectivity index (χ1n) is 13.9. The number of allylic oxidation sites excluding steroid dienone is 1. The lowest BCUT2D eigenvalue weighted by atomic mass is 9.43. The lowest BCUT2D eigenvalue weighted by molar-refractivity contribution is -0.251. The largest absolute Gasteiger partial charge is 0.481 e. The third-order valence-corrected chi connectivity index (χ3v) is 11.6. The molecule has 1 N–H and O–H groups in total. The van der Waals surface area contributed by atoms with E-state index in [0.717, 1.165) is 44.1 Å². The van der Waals surface area contributed by atoms with Crippen LogP contribution >= 0.6 is 0 Å². The highest BCUT2D eigenvalue weighted by Gasteiger charge is 2.84. The number of fused-ring (bicyclic) bond motifs is 3. The second-order valence-electron chi connectivity index (χ2n) is 13.2. The van der Waals surface area contributed by atoms with Crippen molar-refractivity contribution in [3.05, 3.63) is 11.6 Å². The molecule has 0 amide bonds. The van der Waals surface area contributed by atoms with Gasteiger partial charge < -0.3 is 24.1 Å². The van der Waals surface area contributed by atoms with Gasteiger partial charge in [0.1, 0.15) is 11.7 Å². The van der Waals surface area contributed by atoms with Crippen LogP contribution in [0.3, 0.4) is 0 Å². The number of aldehydes is 1. The molecule has 0 aromatic rings. The molecule has 4 aliphatic carbocycles. The average molecular weight is 487 g/mol. The fraction of sp³-hybridized carbons (Fsp3) is 0.862. The fourth-order valence-corrected chi connectivity index (χ4v) is 10.3. The third-order valence-electron chi connectivity index (χ3n) is 11.6. The predicted octanol–water partition coefficient (Wildman–Crippen LogP) is 4.71. The zero-order valence-corrected chi connectivity index (χ0v) is 21.9. The Morgan fingerprint density at radius 1 is 1.20 bits per heavy atom. The van der Waals surface area contributed by atoms with Gasteiger partial charge >= 0.3 is 5.97 Å². The number of carbonyl (C=O) groups is 2. The van der Waals surface area contributed by atoms with Crippen molar-refractivity contribution in [1.29, 1.82) is 0 Å². The summed E-state index contributed by atoms with van der Waals surface area (Å²) in [5, 5.41) is 11.1. The molecule has 2 saturated heterocycles. The van der Waals surface area contributed by atoms with Crippen LogP contribution in [-0.2, 0) is 23.8 Å². The van der Waals surface area contributed by atoms with Crippen LogP contribution in [0, 0.1) is 57.7 Å². The first-order valence-corrected chi connectivity index (χ1v) is 13.9. The smallest absolute Gasteiger partial charge is 0.315 e. The fourth-order valence-electron chi connectivity index (χ4n) is 10.3. The van der Waals surface area contributed by atoms with Crippen LogP contribution in [0.15, 0.2) is 11.6 Å². The SMILES string of the molecule is CC(C)C1=CC2CC3(C=O)C4CCC(C)C4CC2(CO[C@H]2C[C@H]4[C@H](OC[C@@H]4C)[C@@H](C)O2)C13C(=O)O. The highest BCUT2D eigenvalue weighted by Crippen LogP contribution is 2.82. The van der Waals surface area contributed by atoms with Gasteiger partial charge in [0.25, 0.3) is 0 Å². The molecule has 2 heterocycles. The summed E-state index contributed by atoms with van der Waals surface area (Å²) in [4.78, 5) is 26.7. The van der Waals surface area contributed by atoms with Gasteiger partial charge in [0.05, 0.1) is 30.8 Å². The van der Waals surface area contributed by atoms with Crippen molar-refractivity contribution in [2.24, 2.45) is 57.7 Å². The Bertz CT molecular complexity index is 943. The number of hydrogen-bond acceptors (Lipinski definition) is 5. The molecule has 35 heavy (non-hydrogen) atoms. The summed E-state index contributed by atoms with van der Waals surface area (Å²) < 4.78 is 18.9. The van der Waals surface area contributed by atoms with Crippen LogP contribution in [0.25, 0.3) is 0 Å². The Hall–Kier alpha value is -1.24. The first kappa shape index (κ1) is 24.1. The van der Waals surface area contributed by atoms with E-state index in [2.05, 4.69) is 40.7 Å². The van der Waals surface area contributed by atoms with Crippen LogP contribution in [0.1, 0.15) is 66.7 Å². The van der Waals surface area contributed by atoms with E-state index in [1.807, 2.05) is 0 Å². The van der Waals surface area contributed by atoms with E-state index in [1.54, 1.807) is 0 Å². The maximum atomic E-state index is 13.5. The highest BCUT2D eigenvalue weighted by molar-refractivity contribution is 5.90. The van der Waals surface area contributed by atoms with Gasteiger partial charge in [0.15, 0.2) is 6.29 Å². The van der Waals surface area contributed by atoms with Gasteiger partial charge in [0.2, 0.25) is 0 Å². The minimum Gasteiger partial charge on any atom is -0.481 e. The zero-order chi connectivity index (χ0) is 24.9. The third kappa shape index (κ3) is 2.77. The van der Waals surface area contributed by atoms with Gasteiger partial charge in [-0.2, -0.15) is 0 Å². The van der Waals surface area contributed by atoms with Gasteiger partial charge in [-0.15, -0.1) is 0 Å². The standard InChI is InChI=1S/C29H42O6/c1-15(2)23-8-19-10-27(13-30)22-7-6-16(3)21(22)11-28(19,29(23,27)26(31)32)14-34-24-9-20-17(4)12-33-25(20)18(5)35-24/h8,13,15-22,24-25H,6-7,9-12,14H2,1-5H3,(H,31,32)/t16?,17-,18+,19?,20+,21?,22?,24+,25+,27?,28?,29?/m0/s1. The summed E-state index contributed by atoms with van der Waals surface area (Å²) in [5.74, 6) is 1.22. The molecule has 0 aromatic heterocycles. The quantitative estimate of drug-likeness (QED) is 0.432. The molecule has 4 bridgehead atoms. The Morgan fingerprint density at radius 3 is 2.66 bits per heavy atom. The lowest BCUT2D eigenvalue weighted by Crippen LogP contribution is -2.63. The number of carboxylic acids is 1. The molecule has 12 atom stereocenters. The highest BCUT2D eigenvalue weighted by atomic mass is 16.7. The monoisotopic (exact) mass is 486 g/mol. The van der Waals surface area contributed by atoms with Crippen LogP contribution in [0.5, 0.6) is 0 Å². The van der Waals surface area contributed by atoms with Gasteiger partial charge in [-0.3, -0.25) is 4.79 Å². The lowest BCUT2D eigenvalue weighted by Gasteiger charge is -2.58. The van der Waals surface area contributed by atoms with Gasteiger partial charge in [-0.1, -0.05) is 45.8 Å². The van der Waals surface area contributed by atoms with Gasteiger partial charge in [0, 0.05) is 11.8 Å². The first-order chi connectivity index (χ1) is 16.6. The van der Waals surface area contributed by atoms with E-state index in [9.17, 15) is 14.7 Å². The predicted molar refractivity (Wildman–Crippen MR) is 129 cm³/mol. The summed E-state index contributed by atoms with van der Waals surface area (Å²) in [6.45, 7) is 11.9. The molecule has 0 radical (unpaired) electrons. The van der Waals surface area contributed by atoms with Crippen molar-refractivity contribution in [1.82, 2.24) is 0 Å². The summed E-state index contributed by atoms with van der Waals surface area (Å²) in [7, 11) is 0. The van der Waals surface area contributed by atoms with E-state index >= 15 is 0 Å². The topological polar surface area (TPSA) is 82.1 Å². The van der Waals surface area contributed by atoms with Crippen molar-refractivity contribution in [3.8, 4) is 0 Å². The molecule has 5 fully saturated rings. The van der Waals surface area contributed by atoms with Crippen molar-refractivity contribution < 1.29 is 28.9 Å². The van der Waals surface area contributed by atoms with E-state index in [0.29, 0.717) is 36.7 Å². The second kappa shape index (κ2) is 7.88. The van der Waals surface area contributed by atoms with E-state index in [1.165, 1.54) is 0 Å². The van der Waals surface area contributed by atoms with Crippen LogP contribution in [0.4, 0.5) is 0 Å². The van der Waals surface area contributed by atoms with Crippen molar-refractivity contribution >= 4 is 12.3 Å². The number of carboxylic acid groups (broad SMARTS) is 1. The number of hydrogen-bond donors (Lipinski definition) is 1. The van der Waals surface area contributed by atoms with Crippen LogP contribution in [-0.4, -0.2) is 49.1 Å². The molecule has 0 spiro atoms. The number of carbonyl (C=O) groups excluding carboxylic acids is 1. The molecule has 6 aliphatic rings. The van der Waals surface area contributed by atoms with Crippen molar-refractivity contribution in [3.63, 3.8) is 0 Å². The van der Waals surface area contributed by atoms with E-state index in [4.69, 9.17) is 14.2 Å². The minimum atomic E-state index is -1.18. The van der Waals surface area contributed by atoms with Crippen LogP contribution < -0.4 is 0 Å². The molecule has 2 aliphatic heterocycles. The second-order valence-corrected chi connectivity index (χ2v) is 13.2. The van der Waals surface area contributed by atoms with Gasteiger partial charge in [-0.25, -0.2) is 0 Å². The minimum absolute atomic E-state index is 0.0426. The zero-order valence-electron chi connectivity index (χ0n) is 21.9. The number of rotatable bonds is 6. The molecule has 0 aromatic carbocycles. The Labute approximate surface area is 209 Å². The Balaban J connectivity index is 1.39. The maximum Gasteiger partial charge on any atom is 0.315 e. The summed E-state index contributed by atoms with van der Waals surface area (Å²) in [6, 6.07) is 0. The molecule has 6 heteroatoms. The van der Waals surface area contributed by atoms with Crippen LogP contribution in [0.2, 0.25) is 0 Å². The Morgan fingerprint density at radius 2 is 1.97 bits per heavy atom. The maximum absolute atomic E-state index is 13.5. The van der Waals surface area contributed by atoms with Crippen molar-refractivity contribution in [2.45, 2.75) is 85.2 Å². The van der Waals surface area contributed by atoms with Gasteiger partial charge in [-0.05, 0) is 67.6 Å². The molecule has 194 valence electrons. The Kier molecular flexibility index (Phi) is 5.43. The molecule has 3 saturated carbocycles. The number of ether oxygens (including phenoxy) is 3. The molecule has 6 nitrogen and oxygen atoms in total. The van der Waals surface area contributed by atoms with E-state index in [-0.39, 0.29) is 36.3 Å². The van der Waals surface area contributed by atoms with Crippen molar-refractivity contribution in [2.75, 3.05) is 13.2 Å². The molecular weight excluding hydrogens is 444 g/mol. The summed E-state index contributed by atoms with van der Waals surface area (Å²) in [5.41, 5.74) is -1.65. The normalized spacial score (nSPS) is 54.0. The summed E-state index contributed by atoms with van der Waals surface area (Å²) in [6.07, 6.45) is 7.32. The van der Waals surface area contributed by atoms with E-state index < -0.39 is 22.2 Å². The molecule has 6 rings (SSSR count).